The van der Waals surface area contributed by atoms with Crippen LogP contribution in [0.25, 0.3) is 17.0 Å². The van der Waals surface area contributed by atoms with Gasteiger partial charge in [-0.3, -0.25) is 9.59 Å². The van der Waals surface area contributed by atoms with Crippen molar-refractivity contribution in [2.75, 3.05) is 26.2 Å². The molecule has 2 aliphatic heterocycles. The molecule has 0 atom stereocenters. The second-order valence-corrected chi connectivity index (χ2v) is 8.46. The Morgan fingerprint density at radius 1 is 1.00 bits per heavy atom. The molecule has 0 spiro atoms. The zero-order valence-corrected chi connectivity index (χ0v) is 17.9. The van der Waals surface area contributed by atoms with Gasteiger partial charge in [-0.2, -0.15) is 0 Å². The van der Waals surface area contributed by atoms with Crippen molar-refractivity contribution in [3.63, 3.8) is 0 Å². The molecule has 0 saturated carbocycles. The van der Waals surface area contributed by atoms with Gasteiger partial charge in [0.2, 0.25) is 11.8 Å². The van der Waals surface area contributed by atoms with Gasteiger partial charge in [0.25, 0.3) is 0 Å². The minimum Gasteiger partial charge on any atom is -0.460 e. The van der Waals surface area contributed by atoms with E-state index in [4.69, 9.17) is 4.42 Å². The highest BCUT2D eigenvalue weighted by atomic mass is 16.3. The summed E-state index contributed by atoms with van der Waals surface area (Å²) in [7, 11) is 0. The van der Waals surface area contributed by atoms with Crippen molar-refractivity contribution in [2.24, 2.45) is 5.92 Å². The monoisotopic (exact) mass is 408 g/mol. The fourth-order valence-electron chi connectivity index (χ4n) is 4.72. The molecular formula is C25H32N2O3. The van der Waals surface area contributed by atoms with Crippen LogP contribution in [-0.2, 0) is 16.0 Å². The molecule has 2 amide bonds. The van der Waals surface area contributed by atoms with Gasteiger partial charge in [0.05, 0.1) is 0 Å². The molecule has 5 heteroatoms. The highest BCUT2D eigenvalue weighted by molar-refractivity contribution is 5.96. The second kappa shape index (κ2) is 9.50. The Morgan fingerprint density at radius 3 is 2.40 bits per heavy atom. The Morgan fingerprint density at radius 2 is 1.70 bits per heavy atom. The van der Waals surface area contributed by atoms with E-state index in [1.54, 1.807) is 6.08 Å². The summed E-state index contributed by atoms with van der Waals surface area (Å²) in [6.45, 7) is 5.17. The summed E-state index contributed by atoms with van der Waals surface area (Å²) in [6, 6.07) is 7.94. The summed E-state index contributed by atoms with van der Waals surface area (Å²) in [5.41, 5.74) is 1.85. The maximum Gasteiger partial charge on any atom is 0.246 e. The first-order valence-electron chi connectivity index (χ1n) is 11.4. The number of likely N-dealkylation sites (tertiary alicyclic amines) is 2. The number of aryl methyl sites for hydroxylation is 1. The van der Waals surface area contributed by atoms with E-state index in [2.05, 4.69) is 11.8 Å². The van der Waals surface area contributed by atoms with Crippen molar-refractivity contribution in [3.05, 3.63) is 41.7 Å². The zero-order chi connectivity index (χ0) is 20.9. The molecule has 0 N–H and O–H groups in total. The van der Waals surface area contributed by atoms with Gasteiger partial charge >= 0.3 is 0 Å². The van der Waals surface area contributed by atoms with Crippen LogP contribution in [0.4, 0.5) is 0 Å². The van der Waals surface area contributed by atoms with Crippen LogP contribution in [0.5, 0.6) is 0 Å². The SMILES string of the molecule is CCc1oc2ccccc2c1C=CC(=O)N1CCC(C(=O)N2CCCCCC2)CC1. The number of furan rings is 1. The lowest BCUT2D eigenvalue weighted by Crippen LogP contribution is -2.44. The summed E-state index contributed by atoms with van der Waals surface area (Å²) in [6.07, 6.45) is 10.6. The number of amides is 2. The van der Waals surface area contributed by atoms with Crippen molar-refractivity contribution in [1.29, 1.82) is 0 Å². The number of hydrogen-bond acceptors (Lipinski definition) is 3. The molecule has 0 aliphatic carbocycles. The Labute approximate surface area is 178 Å². The average Bonchev–Trinajstić information content (AvgIpc) is 2.94. The Bertz CT molecular complexity index is 914. The molecular weight excluding hydrogens is 376 g/mol. The maximum absolute atomic E-state index is 12.9. The van der Waals surface area contributed by atoms with E-state index in [1.807, 2.05) is 35.2 Å². The van der Waals surface area contributed by atoms with Crippen LogP contribution < -0.4 is 0 Å². The van der Waals surface area contributed by atoms with Crippen LogP contribution in [-0.4, -0.2) is 47.8 Å². The van der Waals surface area contributed by atoms with Gasteiger partial charge in [0.1, 0.15) is 11.3 Å². The number of fused-ring (bicyclic) bond motifs is 1. The van der Waals surface area contributed by atoms with Crippen LogP contribution in [0.1, 0.15) is 56.8 Å². The molecule has 0 unspecified atom stereocenters. The van der Waals surface area contributed by atoms with Crippen LogP contribution in [0, 0.1) is 5.92 Å². The van der Waals surface area contributed by atoms with Crippen molar-refractivity contribution < 1.29 is 14.0 Å². The topological polar surface area (TPSA) is 53.8 Å². The number of carbonyl (C=O) groups is 2. The van der Waals surface area contributed by atoms with Crippen LogP contribution in [0.3, 0.4) is 0 Å². The third-order valence-corrected chi connectivity index (χ3v) is 6.50. The maximum atomic E-state index is 12.9. The van der Waals surface area contributed by atoms with Gasteiger partial charge in [0.15, 0.2) is 0 Å². The quantitative estimate of drug-likeness (QED) is 0.692. The lowest BCUT2D eigenvalue weighted by molar-refractivity contribution is -0.139. The van der Waals surface area contributed by atoms with E-state index < -0.39 is 0 Å². The third kappa shape index (κ3) is 4.45. The Kier molecular flexibility index (Phi) is 6.56. The number of nitrogens with zero attached hydrogens (tertiary/aromatic N) is 2. The van der Waals surface area contributed by atoms with Crippen molar-refractivity contribution >= 4 is 28.9 Å². The minimum absolute atomic E-state index is 0.0167. The third-order valence-electron chi connectivity index (χ3n) is 6.50. The smallest absolute Gasteiger partial charge is 0.246 e. The van der Waals surface area contributed by atoms with Crippen LogP contribution >= 0.6 is 0 Å². The predicted octanol–water partition coefficient (Wildman–Crippen LogP) is 4.65. The first-order chi connectivity index (χ1) is 14.7. The molecule has 160 valence electrons. The number of carbonyl (C=O) groups excluding carboxylic acids is 2. The van der Waals surface area contributed by atoms with E-state index in [1.165, 1.54) is 12.8 Å². The number of benzene rings is 1. The first-order valence-corrected chi connectivity index (χ1v) is 11.4. The van der Waals surface area contributed by atoms with Gasteiger partial charge in [-0.1, -0.05) is 38.0 Å². The van der Waals surface area contributed by atoms with Crippen LogP contribution in [0.2, 0.25) is 0 Å². The van der Waals surface area contributed by atoms with Gasteiger partial charge < -0.3 is 14.2 Å². The van der Waals surface area contributed by atoms with Gasteiger partial charge in [0, 0.05) is 55.5 Å². The first kappa shape index (κ1) is 20.7. The van der Waals surface area contributed by atoms with Crippen LogP contribution in [0.15, 0.2) is 34.8 Å². The largest absolute Gasteiger partial charge is 0.460 e. The standard InChI is InChI=1S/C25H32N2O3/c1-2-22-21(20-9-5-6-10-23(20)30-22)11-12-24(28)26-17-13-19(14-18-26)25(29)27-15-7-3-4-8-16-27/h5-6,9-12,19H,2-4,7-8,13-18H2,1H3. The van der Waals surface area contributed by atoms with Crippen molar-refractivity contribution in [3.8, 4) is 0 Å². The Balaban J connectivity index is 1.36. The van der Waals surface area contributed by atoms with Gasteiger partial charge in [-0.25, -0.2) is 0 Å². The molecule has 0 bridgehead atoms. The second-order valence-electron chi connectivity index (χ2n) is 8.46. The number of piperidine rings is 1. The molecule has 4 rings (SSSR count). The molecule has 30 heavy (non-hydrogen) atoms. The fraction of sp³-hybridized carbons (Fsp3) is 0.520. The highest BCUT2D eigenvalue weighted by Crippen LogP contribution is 2.28. The lowest BCUT2D eigenvalue weighted by Gasteiger charge is -2.33. The van der Waals surface area contributed by atoms with Gasteiger partial charge in [-0.05, 0) is 37.8 Å². The average molecular weight is 409 g/mol. The summed E-state index contributed by atoms with van der Waals surface area (Å²) >= 11 is 0. The van der Waals surface area contributed by atoms with E-state index in [0.717, 1.165) is 67.5 Å². The number of para-hydroxylation sites is 1. The van der Waals surface area contributed by atoms with Crippen molar-refractivity contribution in [1.82, 2.24) is 9.80 Å². The molecule has 2 aromatic rings. The number of hydrogen-bond donors (Lipinski definition) is 0. The predicted molar refractivity (Wildman–Crippen MR) is 119 cm³/mol. The van der Waals surface area contributed by atoms with E-state index in [-0.39, 0.29) is 11.8 Å². The highest BCUT2D eigenvalue weighted by Gasteiger charge is 2.30. The summed E-state index contributed by atoms with van der Waals surface area (Å²) in [5.74, 6) is 1.29. The molecule has 2 aliphatic rings. The number of rotatable bonds is 4. The molecule has 1 aromatic carbocycles. The molecule has 5 nitrogen and oxygen atoms in total. The lowest BCUT2D eigenvalue weighted by atomic mass is 9.95. The van der Waals surface area contributed by atoms with Crippen molar-refractivity contribution in [2.45, 2.75) is 51.9 Å². The van der Waals surface area contributed by atoms with E-state index >= 15 is 0 Å². The molecule has 2 saturated heterocycles. The molecule has 2 fully saturated rings. The fourth-order valence-corrected chi connectivity index (χ4v) is 4.72. The minimum atomic E-state index is 0.0167. The molecule has 3 heterocycles. The normalized spacial score (nSPS) is 18.8. The summed E-state index contributed by atoms with van der Waals surface area (Å²) in [4.78, 5) is 29.6. The molecule has 0 radical (unpaired) electrons. The zero-order valence-electron chi connectivity index (χ0n) is 17.9. The van der Waals surface area contributed by atoms with Gasteiger partial charge in [-0.15, -0.1) is 0 Å². The van der Waals surface area contributed by atoms with E-state index in [9.17, 15) is 9.59 Å². The summed E-state index contributed by atoms with van der Waals surface area (Å²) in [5, 5.41) is 1.04. The Hall–Kier alpha value is -2.56. The summed E-state index contributed by atoms with van der Waals surface area (Å²) < 4.78 is 5.91. The van der Waals surface area contributed by atoms with E-state index in [0.29, 0.717) is 19.0 Å². The molecule has 1 aromatic heterocycles.